The Labute approximate surface area is 209 Å². The van der Waals surface area contributed by atoms with Crippen molar-refractivity contribution in [1.82, 2.24) is 5.32 Å². The van der Waals surface area contributed by atoms with Crippen molar-refractivity contribution in [2.45, 2.75) is 52.4 Å². The number of halogens is 1. The molecule has 3 N–H and O–H groups in total. The van der Waals surface area contributed by atoms with Gasteiger partial charge in [-0.2, -0.15) is 0 Å². The number of thiocarbonyl (C=S) groups is 1. The van der Waals surface area contributed by atoms with Crippen LogP contribution in [0.3, 0.4) is 0 Å². The molecule has 0 saturated heterocycles. The Bertz CT molecular complexity index is 1020. The lowest BCUT2D eigenvalue weighted by atomic mass is 10.1. The first-order valence-electron chi connectivity index (χ1n) is 11.3. The monoisotopic (exact) mass is 531 g/mol. The third-order valence-electron chi connectivity index (χ3n) is 5.46. The summed E-state index contributed by atoms with van der Waals surface area (Å²) in [5, 5.41) is 8.90. The van der Waals surface area contributed by atoms with E-state index in [0.717, 1.165) is 47.1 Å². The summed E-state index contributed by atoms with van der Waals surface area (Å²) in [6.07, 6.45) is 6.44. The summed E-state index contributed by atoms with van der Waals surface area (Å²) in [7, 11) is 0. The van der Waals surface area contributed by atoms with Crippen LogP contribution in [-0.4, -0.2) is 23.5 Å². The number of benzene rings is 2. The predicted octanol–water partition coefficient (Wildman–Crippen LogP) is 6.19. The van der Waals surface area contributed by atoms with Gasteiger partial charge in [0.1, 0.15) is 5.75 Å². The molecule has 1 aliphatic rings. The Morgan fingerprint density at radius 2 is 1.82 bits per heavy atom. The average Bonchev–Trinajstić information content (AvgIpc) is 3.63. The molecule has 1 aliphatic carbocycles. The Hall–Kier alpha value is -2.45. The lowest BCUT2D eigenvalue weighted by molar-refractivity contribution is -0.117. The van der Waals surface area contributed by atoms with Crippen molar-refractivity contribution in [2.24, 2.45) is 5.92 Å². The van der Waals surface area contributed by atoms with Gasteiger partial charge >= 0.3 is 0 Å². The Kier molecular flexibility index (Phi) is 9.26. The van der Waals surface area contributed by atoms with Gasteiger partial charge in [-0.25, -0.2) is 0 Å². The van der Waals surface area contributed by atoms with Gasteiger partial charge in [-0.05, 0) is 90.2 Å². The summed E-state index contributed by atoms with van der Waals surface area (Å²) < 4.78 is 6.52. The minimum absolute atomic E-state index is 0.0464. The molecule has 0 aliphatic heterocycles. The second kappa shape index (κ2) is 12.1. The molecule has 6 nitrogen and oxygen atoms in total. The van der Waals surface area contributed by atoms with Gasteiger partial charge in [0.05, 0.1) is 11.1 Å². The highest BCUT2D eigenvalue weighted by molar-refractivity contribution is 9.10. The van der Waals surface area contributed by atoms with Crippen LogP contribution in [0, 0.1) is 12.8 Å². The highest BCUT2D eigenvalue weighted by atomic mass is 79.9. The van der Waals surface area contributed by atoms with E-state index < -0.39 is 0 Å². The van der Waals surface area contributed by atoms with Gasteiger partial charge in [0.2, 0.25) is 5.91 Å². The van der Waals surface area contributed by atoms with Gasteiger partial charge in [0.15, 0.2) is 5.11 Å². The lowest BCUT2D eigenvalue weighted by Gasteiger charge is -2.15. The number of anilines is 2. The quantitative estimate of drug-likeness (QED) is 0.251. The molecule has 2 aromatic rings. The standard InChI is InChI=1S/C25H30BrN3O3S/c1-3-4-5-6-14-32-22-13-12-18(15-19(22)26)24(31)29-25(33)28-21-9-7-8-20(16(21)2)27-23(30)17-10-11-17/h7-9,12-13,15,17H,3-6,10-11,14H2,1-2H3,(H,27,30)(H2,28,29,31,33). The second-order valence-electron chi connectivity index (χ2n) is 8.20. The molecular weight excluding hydrogens is 502 g/mol. The summed E-state index contributed by atoms with van der Waals surface area (Å²) in [5.41, 5.74) is 2.78. The summed E-state index contributed by atoms with van der Waals surface area (Å²) >= 11 is 8.82. The Balaban J connectivity index is 1.54. The van der Waals surface area contributed by atoms with Crippen LogP contribution in [0.1, 0.15) is 61.4 Å². The molecule has 0 bridgehead atoms. The zero-order valence-electron chi connectivity index (χ0n) is 19.0. The highest BCUT2D eigenvalue weighted by Gasteiger charge is 2.29. The van der Waals surface area contributed by atoms with Crippen LogP contribution < -0.4 is 20.7 Å². The fourth-order valence-corrected chi connectivity index (χ4v) is 3.98. The minimum atomic E-state index is -0.321. The van der Waals surface area contributed by atoms with Gasteiger partial charge in [-0.15, -0.1) is 0 Å². The van der Waals surface area contributed by atoms with Crippen LogP contribution >= 0.6 is 28.1 Å². The molecule has 176 valence electrons. The number of ether oxygens (including phenoxy) is 1. The number of carbonyl (C=O) groups excluding carboxylic acids is 2. The van der Waals surface area contributed by atoms with E-state index in [9.17, 15) is 9.59 Å². The zero-order valence-corrected chi connectivity index (χ0v) is 21.4. The van der Waals surface area contributed by atoms with E-state index in [4.69, 9.17) is 17.0 Å². The van der Waals surface area contributed by atoms with Crippen LogP contribution in [0.4, 0.5) is 11.4 Å². The molecule has 1 saturated carbocycles. The lowest BCUT2D eigenvalue weighted by Crippen LogP contribution is -2.34. The van der Waals surface area contributed by atoms with Crippen molar-refractivity contribution < 1.29 is 14.3 Å². The van der Waals surface area contributed by atoms with Gasteiger partial charge in [0.25, 0.3) is 5.91 Å². The van der Waals surface area contributed by atoms with Crippen molar-refractivity contribution >= 4 is 56.4 Å². The van der Waals surface area contributed by atoms with Gasteiger partial charge in [0, 0.05) is 22.9 Å². The molecule has 3 rings (SSSR count). The first kappa shape index (κ1) is 25.2. The molecule has 33 heavy (non-hydrogen) atoms. The molecule has 2 aromatic carbocycles. The van der Waals surface area contributed by atoms with Crippen molar-refractivity contribution in [1.29, 1.82) is 0 Å². The number of amides is 2. The summed E-state index contributed by atoms with van der Waals surface area (Å²) in [5.74, 6) is 0.562. The fourth-order valence-electron chi connectivity index (χ4n) is 3.29. The summed E-state index contributed by atoms with van der Waals surface area (Å²) in [4.78, 5) is 24.8. The van der Waals surface area contributed by atoms with E-state index in [-0.39, 0.29) is 22.8 Å². The third kappa shape index (κ3) is 7.54. The van der Waals surface area contributed by atoms with Crippen molar-refractivity contribution in [3.05, 3.63) is 52.0 Å². The zero-order chi connectivity index (χ0) is 23.8. The van der Waals surface area contributed by atoms with Crippen LogP contribution in [-0.2, 0) is 4.79 Å². The van der Waals surface area contributed by atoms with E-state index in [1.165, 1.54) is 12.8 Å². The van der Waals surface area contributed by atoms with E-state index >= 15 is 0 Å². The largest absolute Gasteiger partial charge is 0.492 e. The maximum absolute atomic E-state index is 12.7. The van der Waals surface area contributed by atoms with Gasteiger partial charge < -0.3 is 15.4 Å². The van der Waals surface area contributed by atoms with Crippen LogP contribution in [0.15, 0.2) is 40.9 Å². The molecule has 0 unspecified atom stereocenters. The number of carbonyl (C=O) groups is 2. The predicted molar refractivity (Wildman–Crippen MR) is 140 cm³/mol. The molecule has 0 radical (unpaired) electrons. The number of rotatable bonds is 10. The molecule has 0 aromatic heterocycles. The highest BCUT2D eigenvalue weighted by Crippen LogP contribution is 2.32. The van der Waals surface area contributed by atoms with Crippen molar-refractivity contribution in [3.63, 3.8) is 0 Å². The van der Waals surface area contributed by atoms with Crippen LogP contribution in [0.2, 0.25) is 0 Å². The van der Waals surface area contributed by atoms with Gasteiger partial charge in [-0.3, -0.25) is 14.9 Å². The SMILES string of the molecule is CCCCCCOc1ccc(C(=O)NC(=S)Nc2cccc(NC(=O)C3CC3)c2C)cc1Br. The van der Waals surface area contributed by atoms with Crippen LogP contribution in [0.5, 0.6) is 5.75 Å². The molecule has 1 fully saturated rings. The molecule has 2 amide bonds. The summed E-state index contributed by atoms with van der Waals surface area (Å²) in [6.45, 7) is 4.72. The maximum Gasteiger partial charge on any atom is 0.257 e. The van der Waals surface area contributed by atoms with Crippen LogP contribution in [0.25, 0.3) is 0 Å². The maximum atomic E-state index is 12.7. The molecule has 8 heteroatoms. The normalized spacial score (nSPS) is 12.7. The molecule has 0 spiro atoms. The first-order chi connectivity index (χ1) is 15.9. The van der Waals surface area contributed by atoms with Crippen molar-refractivity contribution in [3.8, 4) is 5.75 Å². The minimum Gasteiger partial charge on any atom is -0.492 e. The number of hydrogen-bond donors (Lipinski definition) is 3. The molecular formula is C25H30BrN3O3S. The Morgan fingerprint density at radius 1 is 1.09 bits per heavy atom. The van der Waals surface area contributed by atoms with E-state index in [2.05, 4.69) is 38.8 Å². The molecule has 0 heterocycles. The molecule has 0 atom stereocenters. The topological polar surface area (TPSA) is 79.5 Å². The van der Waals surface area contributed by atoms with E-state index in [1.54, 1.807) is 18.2 Å². The van der Waals surface area contributed by atoms with E-state index in [1.807, 2.05) is 25.1 Å². The third-order valence-corrected chi connectivity index (χ3v) is 6.29. The number of unbranched alkanes of at least 4 members (excludes halogenated alkanes) is 3. The fraction of sp³-hybridized carbons (Fsp3) is 0.400. The average molecular weight is 533 g/mol. The summed E-state index contributed by atoms with van der Waals surface area (Å²) in [6, 6.07) is 10.8. The Morgan fingerprint density at radius 3 is 2.48 bits per heavy atom. The second-order valence-corrected chi connectivity index (χ2v) is 9.47. The van der Waals surface area contributed by atoms with Gasteiger partial charge in [-0.1, -0.05) is 32.3 Å². The van der Waals surface area contributed by atoms with Crippen molar-refractivity contribution in [2.75, 3.05) is 17.2 Å². The number of nitrogens with one attached hydrogen (secondary N) is 3. The smallest absolute Gasteiger partial charge is 0.257 e. The van der Waals surface area contributed by atoms with E-state index in [0.29, 0.717) is 17.9 Å². The number of hydrogen-bond acceptors (Lipinski definition) is 4. The first-order valence-corrected chi connectivity index (χ1v) is 12.5.